The summed E-state index contributed by atoms with van der Waals surface area (Å²) in [5, 5.41) is 10.7. The monoisotopic (exact) mass is 469 g/mol. The minimum absolute atomic E-state index is 0.0479. The Hall–Kier alpha value is -3.44. The molecule has 0 radical (unpaired) electrons. The summed E-state index contributed by atoms with van der Waals surface area (Å²) >= 11 is 1.12. The quantitative estimate of drug-likeness (QED) is 0.312. The second-order valence-electron chi connectivity index (χ2n) is 7.60. The zero-order chi connectivity index (χ0) is 23.7. The first kappa shape index (κ1) is 22.7. The van der Waals surface area contributed by atoms with Crippen molar-refractivity contribution >= 4 is 45.2 Å². The van der Waals surface area contributed by atoms with Crippen LogP contribution in [0.1, 0.15) is 24.4 Å². The van der Waals surface area contributed by atoms with Crippen LogP contribution < -0.4 is 16.4 Å². The van der Waals surface area contributed by atoms with E-state index in [0.29, 0.717) is 39.5 Å². The zero-order valence-electron chi connectivity index (χ0n) is 18.6. The predicted molar refractivity (Wildman–Crippen MR) is 126 cm³/mol. The molecule has 0 fully saturated rings. The van der Waals surface area contributed by atoms with Crippen molar-refractivity contribution in [1.29, 1.82) is 0 Å². The van der Waals surface area contributed by atoms with E-state index < -0.39 is 11.5 Å². The van der Waals surface area contributed by atoms with Gasteiger partial charge in [-0.15, -0.1) is 0 Å². The number of rotatable bonds is 7. The van der Waals surface area contributed by atoms with E-state index in [2.05, 4.69) is 20.5 Å². The molecule has 3 heterocycles. The number of carbonyl (C=O) groups is 1. The third-order valence-corrected chi connectivity index (χ3v) is 6.16. The lowest BCUT2D eigenvalue weighted by Crippen LogP contribution is -2.29. The smallest absolute Gasteiger partial charge is 0.277 e. The first-order valence-electron chi connectivity index (χ1n) is 10.2. The Morgan fingerprint density at radius 2 is 2.03 bits per heavy atom. The van der Waals surface area contributed by atoms with E-state index in [9.17, 15) is 14.4 Å². The Balaban J connectivity index is 1.63. The standard InChI is InChI=1S/C22H23N5O5S/c1-11(9-31-4)27-21(30)14-7-5-6-8-15(14)23-22(27)33-10-16(28)24-20-18-17(13(3)32-20)12(2)25-26-19(18)29/h5-8,11H,9-10H2,1-4H3,(H,24,28)(H,26,29)/t11-/m0/s1. The van der Waals surface area contributed by atoms with Crippen molar-refractivity contribution in [1.82, 2.24) is 19.7 Å². The number of furan rings is 1. The number of aromatic amines is 1. The van der Waals surface area contributed by atoms with Gasteiger partial charge in [0.1, 0.15) is 11.1 Å². The van der Waals surface area contributed by atoms with Crippen LogP contribution in [0.2, 0.25) is 0 Å². The number of methoxy groups -OCH3 is 1. The van der Waals surface area contributed by atoms with Crippen molar-refractivity contribution in [3.8, 4) is 0 Å². The minimum Gasteiger partial charge on any atom is -0.444 e. The molecular weight excluding hydrogens is 446 g/mol. The summed E-state index contributed by atoms with van der Waals surface area (Å²) in [7, 11) is 1.56. The number of carbonyl (C=O) groups excluding carboxylic acids is 1. The molecule has 0 aliphatic heterocycles. The number of para-hydroxylation sites is 1. The molecule has 1 aromatic carbocycles. The molecule has 0 aliphatic rings. The molecule has 11 heteroatoms. The Labute approximate surface area is 192 Å². The van der Waals surface area contributed by atoms with Crippen molar-refractivity contribution in [3.63, 3.8) is 0 Å². The lowest BCUT2D eigenvalue weighted by atomic mass is 10.2. The van der Waals surface area contributed by atoms with E-state index in [1.807, 2.05) is 6.92 Å². The summed E-state index contributed by atoms with van der Waals surface area (Å²) in [6.45, 7) is 5.61. The summed E-state index contributed by atoms with van der Waals surface area (Å²) < 4.78 is 12.4. The highest BCUT2D eigenvalue weighted by atomic mass is 32.2. The van der Waals surface area contributed by atoms with Crippen LogP contribution in [0.4, 0.5) is 5.88 Å². The van der Waals surface area contributed by atoms with E-state index in [0.717, 1.165) is 11.8 Å². The largest absolute Gasteiger partial charge is 0.444 e. The highest BCUT2D eigenvalue weighted by Crippen LogP contribution is 2.29. The molecule has 0 saturated carbocycles. The van der Waals surface area contributed by atoms with Gasteiger partial charge in [-0.3, -0.25) is 24.3 Å². The number of thioether (sulfide) groups is 1. The summed E-state index contributed by atoms with van der Waals surface area (Å²) in [4.78, 5) is 42.7. The topological polar surface area (TPSA) is 132 Å². The average Bonchev–Trinajstić information content (AvgIpc) is 3.12. The van der Waals surface area contributed by atoms with Crippen LogP contribution in [-0.2, 0) is 9.53 Å². The number of H-pyrrole nitrogens is 1. The first-order valence-corrected chi connectivity index (χ1v) is 11.2. The maximum Gasteiger partial charge on any atom is 0.277 e. The van der Waals surface area contributed by atoms with Gasteiger partial charge in [-0.2, -0.15) is 5.10 Å². The van der Waals surface area contributed by atoms with Gasteiger partial charge in [-0.05, 0) is 32.9 Å². The Morgan fingerprint density at radius 1 is 1.27 bits per heavy atom. The number of aryl methyl sites for hydroxylation is 2. The van der Waals surface area contributed by atoms with Gasteiger partial charge in [-0.25, -0.2) is 10.1 Å². The van der Waals surface area contributed by atoms with E-state index in [1.54, 1.807) is 45.2 Å². The second-order valence-corrected chi connectivity index (χ2v) is 8.55. The van der Waals surface area contributed by atoms with Gasteiger partial charge in [-0.1, -0.05) is 23.9 Å². The lowest BCUT2D eigenvalue weighted by molar-refractivity contribution is -0.113. The van der Waals surface area contributed by atoms with Gasteiger partial charge in [0.15, 0.2) is 5.16 Å². The van der Waals surface area contributed by atoms with Gasteiger partial charge in [0.05, 0.1) is 40.4 Å². The summed E-state index contributed by atoms with van der Waals surface area (Å²) in [5.41, 5.74) is 0.495. The minimum atomic E-state index is -0.450. The molecule has 172 valence electrons. The van der Waals surface area contributed by atoms with Crippen molar-refractivity contribution in [3.05, 3.63) is 56.4 Å². The lowest BCUT2D eigenvalue weighted by Gasteiger charge is -2.18. The molecule has 4 rings (SSSR count). The molecule has 1 amide bonds. The van der Waals surface area contributed by atoms with Crippen LogP contribution in [0.5, 0.6) is 0 Å². The fraction of sp³-hybridized carbons (Fsp3) is 0.318. The third-order valence-electron chi connectivity index (χ3n) is 5.21. The number of hydrogen-bond acceptors (Lipinski definition) is 8. The van der Waals surface area contributed by atoms with Gasteiger partial charge in [0.2, 0.25) is 11.8 Å². The number of ether oxygens (including phenoxy) is 1. The molecule has 4 aromatic rings. The second kappa shape index (κ2) is 9.20. The van der Waals surface area contributed by atoms with Gasteiger partial charge < -0.3 is 9.15 Å². The normalized spacial score (nSPS) is 12.4. The number of hydrogen-bond donors (Lipinski definition) is 2. The van der Waals surface area contributed by atoms with Crippen molar-refractivity contribution in [2.24, 2.45) is 0 Å². The molecule has 10 nitrogen and oxygen atoms in total. The average molecular weight is 470 g/mol. The van der Waals surface area contributed by atoms with E-state index in [-0.39, 0.29) is 28.6 Å². The molecule has 0 spiro atoms. The highest BCUT2D eigenvalue weighted by Gasteiger charge is 2.21. The van der Waals surface area contributed by atoms with Crippen LogP contribution in [0, 0.1) is 13.8 Å². The Kier molecular flexibility index (Phi) is 6.34. The Morgan fingerprint density at radius 3 is 2.79 bits per heavy atom. The molecule has 0 bridgehead atoms. The van der Waals surface area contributed by atoms with Crippen LogP contribution in [0.15, 0.2) is 43.4 Å². The third kappa shape index (κ3) is 4.29. The van der Waals surface area contributed by atoms with Crippen molar-refractivity contribution < 1.29 is 13.9 Å². The summed E-state index contributed by atoms with van der Waals surface area (Å²) in [5.74, 6) is 0.102. The number of anilines is 1. The number of aromatic nitrogens is 4. The molecular formula is C22H23N5O5S. The maximum atomic E-state index is 13.1. The summed E-state index contributed by atoms with van der Waals surface area (Å²) in [6.07, 6.45) is 0. The molecule has 33 heavy (non-hydrogen) atoms. The fourth-order valence-electron chi connectivity index (χ4n) is 3.76. The van der Waals surface area contributed by atoms with E-state index in [1.165, 1.54) is 4.57 Å². The van der Waals surface area contributed by atoms with Crippen molar-refractivity contribution in [2.75, 3.05) is 24.8 Å². The van der Waals surface area contributed by atoms with E-state index >= 15 is 0 Å². The molecule has 1 atom stereocenters. The molecule has 2 N–H and O–H groups in total. The predicted octanol–water partition coefficient (Wildman–Crippen LogP) is 2.78. The molecule has 0 unspecified atom stereocenters. The number of nitrogens with one attached hydrogen (secondary N) is 2. The summed E-state index contributed by atoms with van der Waals surface area (Å²) in [6, 6.07) is 6.78. The van der Waals surface area contributed by atoms with Gasteiger partial charge >= 0.3 is 0 Å². The van der Waals surface area contributed by atoms with Crippen LogP contribution in [0.25, 0.3) is 21.7 Å². The van der Waals surface area contributed by atoms with Crippen LogP contribution >= 0.6 is 11.8 Å². The molecule has 3 aromatic heterocycles. The SMILES string of the molecule is COC[C@H](C)n1c(SCC(=O)Nc2oc(C)c3c(C)n[nH]c(=O)c23)nc2ccccc2c1=O. The fourth-order valence-corrected chi connectivity index (χ4v) is 4.65. The first-order chi connectivity index (χ1) is 15.8. The van der Waals surface area contributed by atoms with Gasteiger partial charge in [0.25, 0.3) is 11.1 Å². The zero-order valence-corrected chi connectivity index (χ0v) is 19.4. The van der Waals surface area contributed by atoms with Crippen LogP contribution in [0.3, 0.4) is 0 Å². The molecule has 0 saturated heterocycles. The van der Waals surface area contributed by atoms with Crippen LogP contribution in [-0.4, -0.2) is 45.1 Å². The van der Waals surface area contributed by atoms with Gasteiger partial charge in [0, 0.05) is 7.11 Å². The Bertz CT molecular complexity index is 1470. The number of nitrogens with zero attached hydrogens (tertiary/aromatic N) is 3. The highest BCUT2D eigenvalue weighted by molar-refractivity contribution is 7.99. The number of benzene rings is 1. The molecule has 0 aliphatic carbocycles. The van der Waals surface area contributed by atoms with E-state index in [4.69, 9.17) is 9.15 Å². The maximum absolute atomic E-state index is 13.1. The number of amides is 1. The number of fused-ring (bicyclic) bond motifs is 2. The van der Waals surface area contributed by atoms with Crippen molar-refractivity contribution in [2.45, 2.75) is 32.0 Å².